The van der Waals surface area contributed by atoms with E-state index < -0.39 is 6.61 Å². The Labute approximate surface area is 143 Å². The molecule has 0 heterocycles. The summed E-state index contributed by atoms with van der Waals surface area (Å²) in [4.78, 5) is 11.9. The molecule has 0 bridgehead atoms. The van der Waals surface area contributed by atoms with Crippen molar-refractivity contribution in [3.8, 4) is 5.75 Å². The highest BCUT2D eigenvalue weighted by Crippen LogP contribution is 2.25. The zero-order chi connectivity index (χ0) is 17.2. The second-order valence-electron chi connectivity index (χ2n) is 4.75. The van der Waals surface area contributed by atoms with Crippen molar-refractivity contribution in [1.82, 2.24) is 0 Å². The smallest absolute Gasteiger partial charge is 0.387 e. The summed E-state index contributed by atoms with van der Waals surface area (Å²) in [5.74, 6) is 0.591. The Kier molecular flexibility index (Phi) is 7.29. The van der Waals surface area contributed by atoms with Crippen LogP contribution < -0.4 is 10.1 Å². The Balaban J connectivity index is 1.77. The summed E-state index contributed by atoms with van der Waals surface area (Å²) < 4.78 is 29.0. The highest BCUT2D eigenvalue weighted by atomic mass is 32.2. The maximum Gasteiger partial charge on any atom is 0.387 e. The quantitative estimate of drug-likeness (QED) is 0.704. The van der Waals surface area contributed by atoms with Crippen molar-refractivity contribution < 1.29 is 18.3 Å². The van der Waals surface area contributed by atoms with Crippen LogP contribution >= 0.6 is 11.8 Å². The van der Waals surface area contributed by atoms with Crippen LogP contribution in [0, 0.1) is 0 Å². The molecule has 0 saturated carbocycles. The van der Waals surface area contributed by atoms with Crippen LogP contribution in [0.15, 0.2) is 60.7 Å². The summed E-state index contributed by atoms with van der Waals surface area (Å²) in [5.41, 5.74) is 1.34. The molecule has 24 heavy (non-hydrogen) atoms. The fourth-order valence-electron chi connectivity index (χ4n) is 1.92. The summed E-state index contributed by atoms with van der Waals surface area (Å²) in [6.07, 6.45) is 3.96. The number of amides is 1. The number of carbonyl (C=O) groups is 1. The third-order valence-corrected chi connectivity index (χ3v) is 3.83. The third-order valence-electron chi connectivity index (χ3n) is 2.93. The predicted molar refractivity (Wildman–Crippen MR) is 94.5 cm³/mol. The first-order valence-electron chi connectivity index (χ1n) is 7.28. The van der Waals surface area contributed by atoms with Gasteiger partial charge in [-0.25, -0.2) is 0 Å². The topological polar surface area (TPSA) is 38.3 Å². The molecule has 2 aromatic carbocycles. The van der Waals surface area contributed by atoms with Crippen LogP contribution in [0.1, 0.15) is 5.56 Å². The molecule has 0 radical (unpaired) electrons. The second kappa shape index (κ2) is 9.72. The number of carbonyl (C=O) groups excluding carboxylic acids is 1. The maximum absolute atomic E-state index is 12.3. The third kappa shape index (κ3) is 6.42. The molecule has 0 spiro atoms. The molecule has 2 aromatic rings. The molecule has 0 unspecified atom stereocenters. The molecular weight excluding hydrogens is 332 g/mol. The van der Waals surface area contributed by atoms with Crippen molar-refractivity contribution in [2.45, 2.75) is 6.61 Å². The summed E-state index contributed by atoms with van der Waals surface area (Å²) in [6, 6.07) is 16.0. The lowest BCUT2D eigenvalue weighted by atomic mass is 10.2. The molecule has 126 valence electrons. The van der Waals surface area contributed by atoms with Crippen molar-refractivity contribution in [1.29, 1.82) is 0 Å². The molecule has 0 aromatic heterocycles. The molecule has 0 aliphatic rings. The van der Waals surface area contributed by atoms with Gasteiger partial charge in [-0.15, -0.1) is 11.8 Å². The van der Waals surface area contributed by atoms with E-state index in [1.54, 1.807) is 12.1 Å². The normalized spacial score (nSPS) is 11.0. The van der Waals surface area contributed by atoms with Crippen LogP contribution in [-0.4, -0.2) is 24.0 Å². The molecule has 3 nitrogen and oxygen atoms in total. The van der Waals surface area contributed by atoms with Gasteiger partial charge in [-0.3, -0.25) is 4.79 Å². The van der Waals surface area contributed by atoms with Gasteiger partial charge >= 0.3 is 6.61 Å². The number of alkyl halides is 2. The number of benzene rings is 2. The van der Waals surface area contributed by atoms with Crippen LogP contribution in [0.25, 0.3) is 6.08 Å². The van der Waals surface area contributed by atoms with E-state index in [-0.39, 0.29) is 23.1 Å². The van der Waals surface area contributed by atoms with E-state index in [1.165, 1.54) is 23.9 Å². The zero-order valence-corrected chi connectivity index (χ0v) is 13.6. The SMILES string of the molecule is O=C(CSC/C=C/c1ccccc1)Nc1ccccc1OC(F)F. The second-order valence-corrected chi connectivity index (χ2v) is 5.78. The average molecular weight is 349 g/mol. The molecule has 1 amide bonds. The number of thioether (sulfide) groups is 1. The first-order valence-corrected chi connectivity index (χ1v) is 8.43. The van der Waals surface area contributed by atoms with Crippen molar-refractivity contribution >= 4 is 29.4 Å². The minimum atomic E-state index is -2.93. The molecule has 0 aliphatic heterocycles. The Morgan fingerprint density at radius 1 is 1.12 bits per heavy atom. The van der Waals surface area contributed by atoms with E-state index in [4.69, 9.17) is 0 Å². The van der Waals surface area contributed by atoms with Crippen LogP contribution in [-0.2, 0) is 4.79 Å². The van der Waals surface area contributed by atoms with Crippen LogP contribution in [0.2, 0.25) is 0 Å². The molecule has 0 saturated heterocycles. The van der Waals surface area contributed by atoms with E-state index in [0.717, 1.165) is 5.56 Å². The zero-order valence-electron chi connectivity index (χ0n) is 12.8. The number of nitrogens with one attached hydrogen (secondary N) is 1. The van der Waals surface area contributed by atoms with Gasteiger partial charge in [-0.05, 0) is 17.7 Å². The van der Waals surface area contributed by atoms with E-state index in [1.807, 2.05) is 42.5 Å². The summed E-state index contributed by atoms with van der Waals surface area (Å²) in [6.45, 7) is -2.93. The minimum absolute atomic E-state index is 0.0465. The van der Waals surface area contributed by atoms with E-state index in [2.05, 4.69) is 10.1 Å². The first kappa shape index (κ1) is 18.0. The molecule has 1 N–H and O–H groups in total. The van der Waals surface area contributed by atoms with Crippen molar-refractivity contribution in [3.63, 3.8) is 0 Å². The van der Waals surface area contributed by atoms with Gasteiger partial charge in [-0.2, -0.15) is 8.78 Å². The van der Waals surface area contributed by atoms with Gasteiger partial charge in [0.25, 0.3) is 0 Å². The van der Waals surface area contributed by atoms with Crippen molar-refractivity contribution in [2.75, 3.05) is 16.8 Å². The highest BCUT2D eigenvalue weighted by Gasteiger charge is 2.11. The summed E-state index contributed by atoms with van der Waals surface area (Å²) >= 11 is 1.43. The first-order chi connectivity index (χ1) is 11.6. The highest BCUT2D eigenvalue weighted by molar-refractivity contribution is 8.00. The summed E-state index contributed by atoms with van der Waals surface area (Å²) in [7, 11) is 0. The van der Waals surface area contributed by atoms with Crippen LogP contribution in [0.4, 0.5) is 14.5 Å². The Bertz CT molecular complexity index is 678. The monoisotopic (exact) mass is 349 g/mol. The Morgan fingerprint density at radius 3 is 2.58 bits per heavy atom. The lowest BCUT2D eigenvalue weighted by Crippen LogP contribution is -2.15. The minimum Gasteiger partial charge on any atom is -0.433 e. The molecule has 0 fully saturated rings. The number of anilines is 1. The standard InChI is InChI=1S/C18H17F2NO2S/c19-18(20)23-16-11-5-4-10-15(16)21-17(22)13-24-12-6-9-14-7-2-1-3-8-14/h1-11,18H,12-13H2,(H,21,22)/b9-6+. The van der Waals surface area contributed by atoms with Crippen molar-refractivity contribution in [2.24, 2.45) is 0 Å². The van der Waals surface area contributed by atoms with Gasteiger partial charge in [0.2, 0.25) is 5.91 Å². The number of hydrogen-bond acceptors (Lipinski definition) is 3. The van der Waals surface area contributed by atoms with Crippen LogP contribution in [0.3, 0.4) is 0 Å². The van der Waals surface area contributed by atoms with Gasteiger partial charge < -0.3 is 10.1 Å². The summed E-state index contributed by atoms with van der Waals surface area (Å²) in [5, 5.41) is 2.58. The lowest BCUT2D eigenvalue weighted by molar-refractivity contribution is -0.113. The number of halogens is 2. The van der Waals surface area contributed by atoms with E-state index >= 15 is 0 Å². The van der Waals surface area contributed by atoms with Crippen molar-refractivity contribution in [3.05, 3.63) is 66.2 Å². The number of hydrogen-bond donors (Lipinski definition) is 1. The Morgan fingerprint density at radius 2 is 1.83 bits per heavy atom. The fourth-order valence-corrected chi connectivity index (χ4v) is 2.53. The maximum atomic E-state index is 12.3. The number of rotatable bonds is 8. The molecule has 0 aliphatic carbocycles. The average Bonchev–Trinajstić information content (AvgIpc) is 2.57. The van der Waals surface area contributed by atoms with E-state index in [9.17, 15) is 13.6 Å². The molecule has 6 heteroatoms. The largest absolute Gasteiger partial charge is 0.433 e. The molecular formula is C18H17F2NO2S. The molecule has 0 atom stereocenters. The number of para-hydroxylation sites is 2. The molecule has 2 rings (SSSR count). The van der Waals surface area contributed by atoms with Gasteiger partial charge in [0.05, 0.1) is 11.4 Å². The lowest BCUT2D eigenvalue weighted by Gasteiger charge is -2.11. The fraction of sp³-hybridized carbons (Fsp3) is 0.167. The van der Waals surface area contributed by atoms with Gasteiger partial charge in [0.1, 0.15) is 5.75 Å². The van der Waals surface area contributed by atoms with Crippen LogP contribution in [0.5, 0.6) is 5.75 Å². The van der Waals surface area contributed by atoms with Gasteiger partial charge in [-0.1, -0.05) is 54.6 Å². The predicted octanol–water partition coefficient (Wildman–Crippen LogP) is 4.67. The number of ether oxygens (including phenoxy) is 1. The Hall–Kier alpha value is -2.34. The van der Waals surface area contributed by atoms with Gasteiger partial charge in [0.15, 0.2) is 0 Å². The van der Waals surface area contributed by atoms with E-state index in [0.29, 0.717) is 5.75 Å². The van der Waals surface area contributed by atoms with Gasteiger partial charge in [0, 0.05) is 5.75 Å².